The summed E-state index contributed by atoms with van der Waals surface area (Å²) in [5, 5.41) is 0. The zero-order valence-corrected chi connectivity index (χ0v) is 11.6. The van der Waals surface area contributed by atoms with Crippen LogP contribution in [0.4, 0.5) is 0 Å². The van der Waals surface area contributed by atoms with E-state index in [0.29, 0.717) is 25.4 Å². The number of likely N-dealkylation sites (N-methyl/N-ethyl adjacent to an activating group) is 1. The summed E-state index contributed by atoms with van der Waals surface area (Å²) in [4.78, 5) is 27.4. The van der Waals surface area contributed by atoms with Crippen LogP contribution in [0.25, 0.3) is 0 Å². The maximum absolute atomic E-state index is 12.1. The fourth-order valence-electron chi connectivity index (χ4n) is 2.16. The van der Waals surface area contributed by atoms with E-state index in [1.165, 1.54) is 0 Å². The van der Waals surface area contributed by atoms with E-state index in [4.69, 9.17) is 11.6 Å². The smallest absolute Gasteiger partial charge is 0.247 e. The van der Waals surface area contributed by atoms with Crippen LogP contribution in [0.1, 0.15) is 33.1 Å². The highest BCUT2D eigenvalue weighted by atomic mass is 35.5. The molecule has 0 aromatic heterocycles. The molecule has 0 radical (unpaired) electrons. The minimum absolute atomic E-state index is 0.00874. The van der Waals surface area contributed by atoms with Crippen molar-refractivity contribution in [1.82, 2.24) is 9.80 Å². The fourth-order valence-corrected chi connectivity index (χ4v) is 2.34. The number of unbranched alkanes of at least 4 members (excludes halogenated alkanes) is 1. The van der Waals surface area contributed by atoms with Gasteiger partial charge in [0.25, 0.3) is 0 Å². The molecule has 1 heterocycles. The molecule has 2 amide bonds. The molecule has 0 N–H and O–H groups in total. The van der Waals surface area contributed by atoms with Crippen molar-refractivity contribution >= 4 is 23.4 Å². The molecule has 98 valence electrons. The number of hydrogen-bond donors (Lipinski definition) is 0. The number of hydrogen-bond acceptors (Lipinski definition) is 2. The molecule has 1 aliphatic heterocycles. The number of rotatable bonds is 4. The summed E-state index contributed by atoms with van der Waals surface area (Å²) in [7, 11) is 1.78. The van der Waals surface area contributed by atoms with Crippen LogP contribution in [-0.2, 0) is 9.59 Å². The normalized spacial score (nSPS) is 19.6. The Hall–Kier alpha value is -0.770. The first-order chi connectivity index (χ1) is 7.91. The van der Waals surface area contributed by atoms with E-state index in [9.17, 15) is 9.59 Å². The molecule has 17 heavy (non-hydrogen) atoms. The van der Waals surface area contributed by atoms with Gasteiger partial charge in [-0.1, -0.05) is 0 Å². The molecular formula is C12H21ClN2O2. The van der Waals surface area contributed by atoms with Crippen LogP contribution < -0.4 is 0 Å². The zero-order valence-electron chi connectivity index (χ0n) is 10.8. The number of halogens is 1. The Morgan fingerprint density at radius 2 is 2.00 bits per heavy atom. The minimum atomic E-state index is -0.717. The molecule has 0 saturated carbocycles. The summed E-state index contributed by atoms with van der Waals surface area (Å²) in [5.74, 6) is 0.647. The molecule has 0 aromatic carbocycles. The van der Waals surface area contributed by atoms with Crippen LogP contribution in [0.5, 0.6) is 0 Å². The zero-order chi connectivity index (χ0) is 13.1. The average molecular weight is 261 g/mol. The molecule has 1 fully saturated rings. The summed E-state index contributed by atoms with van der Waals surface area (Å²) in [6.07, 6.45) is 2.11. The van der Waals surface area contributed by atoms with Crippen LogP contribution in [-0.4, -0.2) is 53.2 Å². The van der Waals surface area contributed by atoms with Gasteiger partial charge in [0.05, 0.1) is 0 Å². The van der Waals surface area contributed by atoms with Crippen molar-refractivity contribution in [2.75, 3.05) is 26.0 Å². The van der Waals surface area contributed by atoms with E-state index in [-0.39, 0.29) is 11.8 Å². The van der Waals surface area contributed by atoms with Crippen LogP contribution >= 0.6 is 11.6 Å². The van der Waals surface area contributed by atoms with Gasteiger partial charge in [0.1, 0.15) is 5.54 Å². The lowest BCUT2D eigenvalue weighted by Gasteiger charge is -2.44. The van der Waals surface area contributed by atoms with Gasteiger partial charge in [0, 0.05) is 32.4 Å². The van der Waals surface area contributed by atoms with Crippen molar-refractivity contribution in [3.05, 3.63) is 0 Å². The standard InChI is InChI=1S/C12H21ClN2O2/c1-12(2)11(17)14(3)8-9-15(12)10(16)6-4-5-7-13/h4-9H2,1-3H3. The van der Waals surface area contributed by atoms with Gasteiger partial charge in [-0.2, -0.15) is 0 Å². The van der Waals surface area contributed by atoms with Crippen LogP contribution in [0.3, 0.4) is 0 Å². The van der Waals surface area contributed by atoms with Gasteiger partial charge in [-0.3, -0.25) is 9.59 Å². The maximum Gasteiger partial charge on any atom is 0.247 e. The lowest BCUT2D eigenvalue weighted by Crippen LogP contribution is -2.63. The van der Waals surface area contributed by atoms with Crippen molar-refractivity contribution in [2.24, 2.45) is 0 Å². The molecule has 0 aromatic rings. The SMILES string of the molecule is CN1CCN(C(=O)CCCCCl)C(C)(C)C1=O. The first-order valence-electron chi connectivity index (χ1n) is 6.03. The molecule has 0 bridgehead atoms. The molecule has 4 nitrogen and oxygen atoms in total. The Morgan fingerprint density at radius 1 is 1.35 bits per heavy atom. The molecule has 0 spiro atoms. The van der Waals surface area contributed by atoms with E-state index in [0.717, 1.165) is 12.8 Å². The third-order valence-electron chi connectivity index (χ3n) is 3.28. The molecule has 1 saturated heterocycles. The van der Waals surface area contributed by atoms with E-state index < -0.39 is 5.54 Å². The number of carbonyl (C=O) groups is 2. The van der Waals surface area contributed by atoms with Crippen molar-refractivity contribution in [2.45, 2.75) is 38.6 Å². The van der Waals surface area contributed by atoms with E-state index in [1.54, 1.807) is 16.8 Å². The first-order valence-corrected chi connectivity index (χ1v) is 6.56. The van der Waals surface area contributed by atoms with Gasteiger partial charge in [-0.05, 0) is 26.7 Å². The maximum atomic E-state index is 12.1. The second kappa shape index (κ2) is 5.71. The highest BCUT2D eigenvalue weighted by Gasteiger charge is 2.42. The van der Waals surface area contributed by atoms with Gasteiger partial charge in [0.2, 0.25) is 11.8 Å². The second-order valence-electron chi connectivity index (χ2n) is 4.98. The Bertz CT molecular complexity index is 305. The van der Waals surface area contributed by atoms with Crippen molar-refractivity contribution in [3.63, 3.8) is 0 Å². The average Bonchev–Trinajstić information content (AvgIpc) is 2.26. The number of piperazine rings is 1. The van der Waals surface area contributed by atoms with Gasteiger partial charge >= 0.3 is 0 Å². The highest BCUT2D eigenvalue weighted by molar-refractivity contribution is 6.17. The third-order valence-corrected chi connectivity index (χ3v) is 3.55. The predicted molar refractivity (Wildman–Crippen MR) is 68.0 cm³/mol. The Labute approximate surface area is 108 Å². The van der Waals surface area contributed by atoms with E-state index in [2.05, 4.69) is 0 Å². The van der Waals surface area contributed by atoms with Gasteiger partial charge in [0.15, 0.2) is 0 Å². The van der Waals surface area contributed by atoms with E-state index >= 15 is 0 Å². The van der Waals surface area contributed by atoms with Gasteiger partial charge < -0.3 is 9.80 Å². The Balaban J connectivity index is 2.64. The lowest BCUT2D eigenvalue weighted by molar-refractivity contribution is -0.157. The third kappa shape index (κ3) is 3.12. The predicted octanol–water partition coefficient (Wildman–Crippen LogP) is 1.47. The number of alkyl halides is 1. The topological polar surface area (TPSA) is 40.6 Å². The fraction of sp³-hybridized carbons (Fsp3) is 0.833. The van der Waals surface area contributed by atoms with Gasteiger partial charge in [-0.25, -0.2) is 0 Å². The van der Waals surface area contributed by atoms with Crippen LogP contribution in [0.15, 0.2) is 0 Å². The molecule has 0 unspecified atom stereocenters. The Morgan fingerprint density at radius 3 is 2.59 bits per heavy atom. The molecular weight excluding hydrogens is 240 g/mol. The van der Waals surface area contributed by atoms with Crippen molar-refractivity contribution < 1.29 is 9.59 Å². The molecule has 0 atom stereocenters. The monoisotopic (exact) mass is 260 g/mol. The van der Waals surface area contributed by atoms with Crippen molar-refractivity contribution in [3.8, 4) is 0 Å². The molecule has 0 aliphatic carbocycles. The summed E-state index contributed by atoms with van der Waals surface area (Å²) in [6.45, 7) is 4.85. The summed E-state index contributed by atoms with van der Waals surface area (Å²) < 4.78 is 0. The van der Waals surface area contributed by atoms with Gasteiger partial charge in [-0.15, -0.1) is 11.6 Å². The molecule has 1 aliphatic rings. The Kier molecular flexibility index (Phi) is 4.80. The summed E-state index contributed by atoms with van der Waals surface area (Å²) in [6, 6.07) is 0. The van der Waals surface area contributed by atoms with Crippen molar-refractivity contribution in [1.29, 1.82) is 0 Å². The largest absolute Gasteiger partial charge is 0.342 e. The van der Waals surface area contributed by atoms with Crippen LogP contribution in [0.2, 0.25) is 0 Å². The summed E-state index contributed by atoms with van der Waals surface area (Å²) in [5.41, 5.74) is -0.717. The lowest BCUT2D eigenvalue weighted by atomic mass is 9.97. The van der Waals surface area contributed by atoms with Crippen LogP contribution in [0, 0.1) is 0 Å². The molecule has 1 rings (SSSR count). The number of carbonyl (C=O) groups excluding carboxylic acids is 2. The van der Waals surface area contributed by atoms with E-state index in [1.807, 2.05) is 13.8 Å². The first kappa shape index (κ1) is 14.3. The number of amides is 2. The molecule has 5 heteroatoms. The summed E-state index contributed by atoms with van der Waals surface area (Å²) >= 11 is 5.58. The second-order valence-corrected chi connectivity index (χ2v) is 5.36. The minimum Gasteiger partial charge on any atom is -0.342 e. The highest BCUT2D eigenvalue weighted by Crippen LogP contribution is 2.22. The number of nitrogens with zero attached hydrogens (tertiary/aromatic N) is 2. The quantitative estimate of drug-likeness (QED) is 0.567.